The summed E-state index contributed by atoms with van der Waals surface area (Å²) in [6.07, 6.45) is 0.235. The van der Waals surface area contributed by atoms with E-state index in [1.54, 1.807) is 12.1 Å². The molecule has 10 heteroatoms. The minimum Gasteiger partial charge on any atom is -0.508 e. The Morgan fingerprint density at radius 1 is 1.33 bits per heavy atom. The average Bonchev–Trinajstić information content (AvgIpc) is 3.12. The highest BCUT2D eigenvalue weighted by atomic mass is 32.2. The Labute approximate surface area is 156 Å². The number of sulfone groups is 1. The number of aromatic hydroxyl groups is 1. The predicted octanol–water partition coefficient (Wildman–Crippen LogP) is 0.728. The molecule has 0 bridgehead atoms. The lowest BCUT2D eigenvalue weighted by Crippen LogP contribution is -2.52. The number of phenolic OH excluding ortho intramolecular Hbond substituents is 1. The number of nitrogens with two attached hydrogens (primary N) is 1. The van der Waals surface area contributed by atoms with Crippen LogP contribution in [-0.2, 0) is 19.4 Å². The molecular weight excluding hydrogens is 372 g/mol. The topological polar surface area (TPSA) is 148 Å². The number of ether oxygens (including phenoxy) is 1. The van der Waals surface area contributed by atoms with Gasteiger partial charge in [0.1, 0.15) is 16.3 Å². The van der Waals surface area contributed by atoms with Crippen molar-refractivity contribution in [2.24, 2.45) is 5.73 Å². The number of phenols is 1. The van der Waals surface area contributed by atoms with Crippen molar-refractivity contribution in [1.29, 1.82) is 0 Å². The van der Waals surface area contributed by atoms with E-state index in [0.717, 1.165) is 0 Å². The first-order valence-corrected chi connectivity index (χ1v) is 10.0. The number of amides is 1. The highest BCUT2D eigenvalue weighted by Gasteiger charge is 2.49. The van der Waals surface area contributed by atoms with E-state index >= 15 is 0 Å². The normalized spacial score (nSPS) is 21.1. The third-order valence-corrected chi connectivity index (χ3v) is 7.96. The zero-order valence-corrected chi connectivity index (χ0v) is 15.9. The van der Waals surface area contributed by atoms with Crippen molar-refractivity contribution >= 4 is 15.7 Å². The number of H-pyrrole nitrogens is 1. The maximum atomic E-state index is 13.1. The van der Waals surface area contributed by atoms with E-state index < -0.39 is 31.7 Å². The fraction of sp³-hybridized carbons (Fsp3) is 0.471. The third-order valence-electron chi connectivity index (χ3n) is 4.98. The summed E-state index contributed by atoms with van der Waals surface area (Å²) in [5.74, 6) is -0.627. The van der Waals surface area contributed by atoms with E-state index in [1.807, 2.05) is 0 Å². The van der Waals surface area contributed by atoms with E-state index in [4.69, 9.17) is 10.5 Å². The summed E-state index contributed by atoms with van der Waals surface area (Å²) in [6, 6.07) is 6.34. The fourth-order valence-electron chi connectivity index (χ4n) is 3.04. The van der Waals surface area contributed by atoms with Crippen LogP contribution in [0, 0.1) is 0 Å². The van der Waals surface area contributed by atoms with Gasteiger partial charge in [-0.3, -0.25) is 9.89 Å². The number of hydrogen-bond acceptors (Lipinski definition) is 7. The first-order valence-electron chi connectivity index (χ1n) is 8.47. The van der Waals surface area contributed by atoms with E-state index in [9.17, 15) is 18.3 Å². The molecule has 3 rings (SSSR count). The number of carbonyl (C=O) groups excluding carboxylic acids is 1. The molecule has 146 valence electrons. The second-order valence-corrected chi connectivity index (χ2v) is 9.74. The van der Waals surface area contributed by atoms with Gasteiger partial charge in [0, 0.05) is 12.2 Å². The van der Waals surface area contributed by atoms with Crippen LogP contribution in [0.15, 0.2) is 24.3 Å². The smallest absolute Gasteiger partial charge is 0.238 e. The van der Waals surface area contributed by atoms with Crippen LogP contribution >= 0.6 is 0 Å². The largest absolute Gasteiger partial charge is 0.508 e. The van der Waals surface area contributed by atoms with Crippen molar-refractivity contribution in [3.05, 3.63) is 30.1 Å². The molecule has 2 heterocycles. The van der Waals surface area contributed by atoms with Crippen molar-refractivity contribution in [3.8, 4) is 17.1 Å². The summed E-state index contributed by atoms with van der Waals surface area (Å²) in [5, 5.41) is 15.5. The molecule has 0 aliphatic carbocycles. The van der Waals surface area contributed by atoms with Crippen LogP contribution in [0.3, 0.4) is 0 Å². The van der Waals surface area contributed by atoms with Gasteiger partial charge in [-0.15, -0.1) is 0 Å². The van der Waals surface area contributed by atoms with E-state index in [1.165, 1.54) is 26.0 Å². The molecule has 9 nitrogen and oxygen atoms in total. The van der Waals surface area contributed by atoms with Gasteiger partial charge in [0.2, 0.25) is 5.91 Å². The maximum absolute atomic E-state index is 13.1. The number of nitrogens with zero attached hydrogens (tertiary/aromatic N) is 2. The molecule has 2 unspecified atom stereocenters. The van der Waals surface area contributed by atoms with Gasteiger partial charge in [-0.2, -0.15) is 5.10 Å². The maximum Gasteiger partial charge on any atom is 0.238 e. The van der Waals surface area contributed by atoms with Crippen LogP contribution in [0.2, 0.25) is 0 Å². The molecule has 1 aromatic heterocycles. The van der Waals surface area contributed by atoms with Crippen molar-refractivity contribution in [3.63, 3.8) is 0 Å². The molecule has 0 saturated carbocycles. The van der Waals surface area contributed by atoms with E-state index in [0.29, 0.717) is 17.2 Å². The molecule has 27 heavy (non-hydrogen) atoms. The molecule has 4 N–H and O–H groups in total. The quantitative estimate of drug-likeness (QED) is 0.677. The zero-order valence-electron chi connectivity index (χ0n) is 15.0. The molecule has 0 spiro atoms. The molecule has 1 aromatic carbocycles. The number of benzene rings is 1. The number of hydrogen-bond donors (Lipinski definition) is 3. The Bertz CT molecular complexity index is 936. The number of nitrogens with one attached hydrogen (secondary N) is 1. The molecular formula is C17H22N4O5S. The number of rotatable bonds is 5. The van der Waals surface area contributed by atoms with Gasteiger partial charge >= 0.3 is 0 Å². The highest BCUT2D eigenvalue weighted by Crippen LogP contribution is 2.35. The second kappa shape index (κ2) is 6.93. The number of carbonyl (C=O) groups is 1. The monoisotopic (exact) mass is 394 g/mol. The van der Waals surface area contributed by atoms with E-state index in [2.05, 4.69) is 15.2 Å². The molecule has 1 aliphatic heterocycles. The average molecular weight is 394 g/mol. The summed E-state index contributed by atoms with van der Waals surface area (Å²) in [5.41, 5.74) is 6.00. The van der Waals surface area contributed by atoms with Crippen molar-refractivity contribution in [2.75, 3.05) is 13.2 Å². The first-order chi connectivity index (χ1) is 12.6. The van der Waals surface area contributed by atoms with Crippen molar-refractivity contribution < 1.29 is 23.1 Å². The van der Waals surface area contributed by atoms with Gasteiger partial charge in [0.15, 0.2) is 15.7 Å². The summed E-state index contributed by atoms with van der Waals surface area (Å²) in [4.78, 5) is 16.1. The first kappa shape index (κ1) is 19.3. The molecule has 0 radical (unpaired) electrons. The Kier molecular flexibility index (Phi) is 4.96. The van der Waals surface area contributed by atoms with Gasteiger partial charge < -0.3 is 15.6 Å². The fourth-order valence-corrected chi connectivity index (χ4v) is 5.13. The van der Waals surface area contributed by atoms with Crippen molar-refractivity contribution in [1.82, 2.24) is 15.2 Å². The minimum absolute atomic E-state index is 0.120. The van der Waals surface area contributed by atoms with Gasteiger partial charge in [-0.25, -0.2) is 13.4 Å². The molecule has 1 saturated heterocycles. The van der Waals surface area contributed by atoms with Crippen LogP contribution in [0.25, 0.3) is 11.4 Å². The lowest BCUT2D eigenvalue weighted by atomic mass is 10.0. The summed E-state index contributed by atoms with van der Waals surface area (Å²) >= 11 is 0. The van der Waals surface area contributed by atoms with Crippen molar-refractivity contribution in [2.45, 2.75) is 36.2 Å². The van der Waals surface area contributed by atoms with Crippen LogP contribution < -0.4 is 5.73 Å². The lowest BCUT2D eigenvalue weighted by molar-refractivity contribution is -0.119. The minimum atomic E-state index is -3.89. The van der Waals surface area contributed by atoms with Gasteiger partial charge in [0.25, 0.3) is 0 Å². The van der Waals surface area contributed by atoms with E-state index in [-0.39, 0.29) is 25.4 Å². The highest BCUT2D eigenvalue weighted by molar-refractivity contribution is 7.94. The zero-order chi connectivity index (χ0) is 19.8. The number of aromatic nitrogens is 3. The van der Waals surface area contributed by atoms with Gasteiger partial charge in [-0.05, 0) is 44.5 Å². The van der Waals surface area contributed by atoms with Crippen LogP contribution in [-0.4, -0.2) is 57.8 Å². The number of primary amides is 1. The molecule has 2 aromatic rings. The second-order valence-electron chi connectivity index (χ2n) is 7.02. The van der Waals surface area contributed by atoms with Crippen LogP contribution in [0.4, 0.5) is 0 Å². The summed E-state index contributed by atoms with van der Waals surface area (Å²) < 4.78 is 30.0. The van der Waals surface area contributed by atoms with Gasteiger partial charge in [-0.1, -0.05) is 0 Å². The third kappa shape index (κ3) is 3.42. The van der Waals surface area contributed by atoms with Gasteiger partial charge in [0.05, 0.1) is 17.8 Å². The lowest BCUT2D eigenvalue weighted by Gasteiger charge is -2.34. The molecule has 1 amide bonds. The Balaban J connectivity index is 1.95. The summed E-state index contributed by atoms with van der Waals surface area (Å²) in [7, 11) is -3.89. The Morgan fingerprint density at radius 3 is 2.63 bits per heavy atom. The van der Waals surface area contributed by atoms with Crippen LogP contribution in [0.1, 0.15) is 32.0 Å². The van der Waals surface area contributed by atoms with Crippen LogP contribution in [0.5, 0.6) is 5.75 Å². The number of aromatic amines is 1. The standard InChI is InChI=1S/C17H22N4O5S/c1-17(2,16(18)23)27(24,25)13-7-8-26-9-12(13)15-19-14(20-21-15)10-3-5-11(22)6-4-10/h3-6,12-13,22H,7-9H2,1-2H3,(H2,18,23)(H,19,20,21). The SMILES string of the molecule is CC(C)(C(N)=O)S(=O)(=O)C1CCOCC1c1nc(-c2ccc(O)cc2)n[nH]1. The molecule has 1 aliphatic rings. The Morgan fingerprint density at radius 2 is 2.00 bits per heavy atom. The Hall–Kier alpha value is -2.46. The molecule has 2 atom stereocenters. The molecule has 1 fully saturated rings. The predicted molar refractivity (Wildman–Crippen MR) is 97.6 cm³/mol. The summed E-state index contributed by atoms with van der Waals surface area (Å²) in [6.45, 7) is 3.05.